The number of hydrogen-bond donors (Lipinski definition) is 2. The molecule has 0 aliphatic rings. The van der Waals surface area contributed by atoms with Crippen molar-refractivity contribution in [2.75, 3.05) is 6.54 Å². The van der Waals surface area contributed by atoms with Crippen molar-refractivity contribution >= 4 is 0 Å². The summed E-state index contributed by atoms with van der Waals surface area (Å²) in [4.78, 5) is 0. The fraction of sp³-hybridized carbons (Fsp3) is 0.600. The Kier molecular flexibility index (Phi) is 6.23. The SMILES string of the molecule is CCCCc1ccc(C(C)NC[C@H](C)O)cc1. The summed E-state index contributed by atoms with van der Waals surface area (Å²) in [6.45, 7) is 6.78. The van der Waals surface area contributed by atoms with Gasteiger partial charge < -0.3 is 10.4 Å². The second-order valence-corrected chi connectivity index (χ2v) is 4.82. The van der Waals surface area contributed by atoms with Crippen molar-refractivity contribution in [3.05, 3.63) is 35.4 Å². The molecular weight excluding hydrogens is 210 g/mol. The molecule has 0 fully saturated rings. The first-order valence-electron chi connectivity index (χ1n) is 6.63. The zero-order valence-electron chi connectivity index (χ0n) is 11.2. The highest BCUT2D eigenvalue weighted by molar-refractivity contribution is 5.24. The lowest BCUT2D eigenvalue weighted by Crippen LogP contribution is -2.27. The Morgan fingerprint density at radius 2 is 1.82 bits per heavy atom. The van der Waals surface area contributed by atoms with Crippen LogP contribution in [0.2, 0.25) is 0 Å². The molecule has 0 aliphatic carbocycles. The van der Waals surface area contributed by atoms with Gasteiger partial charge in [-0.1, -0.05) is 37.6 Å². The van der Waals surface area contributed by atoms with E-state index >= 15 is 0 Å². The van der Waals surface area contributed by atoms with Crippen molar-refractivity contribution in [2.24, 2.45) is 0 Å². The number of aryl methyl sites for hydroxylation is 1. The minimum absolute atomic E-state index is 0.290. The Hall–Kier alpha value is -0.860. The molecule has 0 aliphatic heterocycles. The maximum absolute atomic E-state index is 9.23. The van der Waals surface area contributed by atoms with Crippen molar-refractivity contribution in [3.63, 3.8) is 0 Å². The Morgan fingerprint density at radius 3 is 2.35 bits per heavy atom. The third-order valence-corrected chi connectivity index (χ3v) is 3.02. The molecule has 0 saturated heterocycles. The second kappa shape index (κ2) is 7.46. The molecule has 2 nitrogen and oxygen atoms in total. The minimum atomic E-state index is -0.290. The van der Waals surface area contributed by atoms with Gasteiger partial charge in [-0.05, 0) is 37.8 Å². The topological polar surface area (TPSA) is 32.3 Å². The van der Waals surface area contributed by atoms with Crippen molar-refractivity contribution in [3.8, 4) is 0 Å². The molecule has 0 radical (unpaired) electrons. The highest BCUT2D eigenvalue weighted by atomic mass is 16.3. The summed E-state index contributed by atoms with van der Waals surface area (Å²) in [5.41, 5.74) is 2.70. The lowest BCUT2D eigenvalue weighted by atomic mass is 10.0. The standard InChI is InChI=1S/C15H25NO/c1-4-5-6-14-7-9-15(10-8-14)13(3)16-11-12(2)17/h7-10,12-13,16-17H,4-6,11H2,1-3H3/t12-,13?/m0/s1. The zero-order chi connectivity index (χ0) is 12.7. The molecular formula is C15H25NO. The van der Waals surface area contributed by atoms with Gasteiger partial charge in [0.2, 0.25) is 0 Å². The first-order chi connectivity index (χ1) is 8.13. The third-order valence-electron chi connectivity index (χ3n) is 3.02. The zero-order valence-corrected chi connectivity index (χ0v) is 11.2. The Morgan fingerprint density at radius 1 is 1.18 bits per heavy atom. The van der Waals surface area contributed by atoms with Crippen LogP contribution in [0.5, 0.6) is 0 Å². The summed E-state index contributed by atoms with van der Waals surface area (Å²) >= 11 is 0. The summed E-state index contributed by atoms with van der Waals surface area (Å²) in [6, 6.07) is 9.09. The number of aliphatic hydroxyl groups is 1. The van der Waals surface area contributed by atoms with E-state index in [1.165, 1.54) is 30.4 Å². The predicted octanol–water partition coefficient (Wildman–Crippen LogP) is 3.06. The van der Waals surface area contributed by atoms with Gasteiger partial charge in [0.1, 0.15) is 0 Å². The molecule has 96 valence electrons. The fourth-order valence-corrected chi connectivity index (χ4v) is 1.82. The molecule has 0 bridgehead atoms. The maximum atomic E-state index is 9.23. The lowest BCUT2D eigenvalue weighted by molar-refractivity contribution is 0.187. The largest absolute Gasteiger partial charge is 0.392 e. The van der Waals surface area contributed by atoms with Gasteiger partial charge in [0.05, 0.1) is 6.10 Å². The fourth-order valence-electron chi connectivity index (χ4n) is 1.82. The molecule has 1 unspecified atom stereocenters. The summed E-state index contributed by atoms with van der Waals surface area (Å²) in [6.07, 6.45) is 3.39. The van der Waals surface area contributed by atoms with Crippen molar-refractivity contribution in [1.29, 1.82) is 0 Å². The van der Waals surface area contributed by atoms with E-state index in [0.717, 1.165) is 0 Å². The van der Waals surface area contributed by atoms with Crippen LogP contribution in [0, 0.1) is 0 Å². The Labute approximate surface area is 105 Å². The first kappa shape index (κ1) is 14.2. The van der Waals surface area contributed by atoms with Crippen molar-refractivity contribution in [1.82, 2.24) is 5.32 Å². The lowest BCUT2D eigenvalue weighted by Gasteiger charge is -2.15. The molecule has 0 heterocycles. The van der Waals surface area contributed by atoms with E-state index in [0.29, 0.717) is 12.6 Å². The minimum Gasteiger partial charge on any atom is -0.392 e. The Bertz CT molecular complexity index is 305. The van der Waals surface area contributed by atoms with E-state index in [9.17, 15) is 5.11 Å². The van der Waals surface area contributed by atoms with Crippen LogP contribution >= 0.6 is 0 Å². The molecule has 17 heavy (non-hydrogen) atoms. The van der Waals surface area contributed by atoms with E-state index in [-0.39, 0.29) is 6.10 Å². The molecule has 0 amide bonds. The van der Waals surface area contributed by atoms with Crippen LogP contribution in [0.25, 0.3) is 0 Å². The average Bonchev–Trinajstić information content (AvgIpc) is 2.34. The van der Waals surface area contributed by atoms with Gasteiger partial charge in [-0.2, -0.15) is 0 Å². The van der Waals surface area contributed by atoms with E-state index in [2.05, 4.69) is 43.4 Å². The van der Waals surface area contributed by atoms with Crippen LogP contribution in [0.15, 0.2) is 24.3 Å². The molecule has 2 N–H and O–H groups in total. The summed E-state index contributed by atoms with van der Waals surface area (Å²) in [5, 5.41) is 12.5. The molecule has 2 heteroatoms. The van der Waals surface area contributed by atoms with Crippen LogP contribution in [0.1, 0.15) is 50.8 Å². The third kappa shape index (κ3) is 5.33. The molecule has 0 spiro atoms. The first-order valence-corrected chi connectivity index (χ1v) is 6.63. The van der Waals surface area contributed by atoms with Crippen LogP contribution in [0.3, 0.4) is 0 Å². The van der Waals surface area contributed by atoms with Gasteiger partial charge in [-0.25, -0.2) is 0 Å². The number of nitrogens with one attached hydrogen (secondary N) is 1. The van der Waals surface area contributed by atoms with Crippen molar-refractivity contribution < 1.29 is 5.11 Å². The van der Waals surface area contributed by atoms with Gasteiger partial charge in [-0.3, -0.25) is 0 Å². The molecule has 0 saturated carbocycles. The monoisotopic (exact) mass is 235 g/mol. The van der Waals surface area contributed by atoms with E-state index < -0.39 is 0 Å². The van der Waals surface area contributed by atoms with Gasteiger partial charge in [0, 0.05) is 12.6 Å². The molecule has 1 rings (SSSR count). The normalized spacial score (nSPS) is 14.6. The smallest absolute Gasteiger partial charge is 0.0636 e. The number of unbranched alkanes of at least 4 members (excludes halogenated alkanes) is 1. The summed E-state index contributed by atoms with van der Waals surface area (Å²) in [5.74, 6) is 0. The molecule has 1 aromatic carbocycles. The van der Waals surface area contributed by atoms with Crippen molar-refractivity contribution in [2.45, 2.75) is 52.2 Å². The van der Waals surface area contributed by atoms with E-state index in [4.69, 9.17) is 0 Å². The quantitative estimate of drug-likeness (QED) is 0.761. The number of hydrogen-bond acceptors (Lipinski definition) is 2. The van der Waals surface area contributed by atoms with E-state index in [1.54, 1.807) is 6.92 Å². The van der Waals surface area contributed by atoms with Crippen LogP contribution in [-0.2, 0) is 6.42 Å². The predicted molar refractivity (Wildman–Crippen MR) is 73.2 cm³/mol. The summed E-state index contributed by atoms with van der Waals surface area (Å²) in [7, 11) is 0. The number of benzene rings is 1. The van der Waals surface area contributed by atoms with Crippen LogP contribution in [0.4, 0.5) is 0 Å². The van der Waals surface area contributed by atoms with Crippen LogP contribution < -0.4 is 5.32 Å². The average molecular weight is 235 g/mol. The molecule has 1 aromatic rings. The van der Waals surface area contributed by atoms with Gasteiger partial charge in [0.15, 0.2) is 0 Å². The number of aliphatic hydroxyl groups excluding tert-OH is 1. The van der Waals surface area contributed by atoms with Gasteiger partial charge >= 0.3 is 0 Å². The van der Waals surface area contributed by atoms with Crippen LogP contribution in [-0.4, -0.2) is 17.8 Å². The van der Waals surface area contributed by atoms with Gasteiger partial charge in [-0.15, -0.1) is 0 Å². The number of rotatable bonds is 7. The highest BCUT2D eigenvalue weighted by Gasteiger charge is 2.05. The molecule has 2 atom stereocenters. The van der Waals surface area contributed by atoms with Gasteiger partial charge in [0.25, 0.3) is 0 Å². The highest BCUT2D eigenvalue weighted by Crippen LogP contribution is 2.14. The maximum Gasteiger partial charge on any atom is 0.0636 e. The Balaban J connectivity index is 2.48. The molecule has 0 aromatic heterocycles. The second-order valence-electron chi connectivity index (χ2n) is 4.82. The summed E-state index contributed by atoms with van der Waals surface area (Å²) < 4.78 is 0. The van der Waals surface area contributed by atoms with E-state index in [1.807, 2.05) is 0 Å².